The van der Waals surface area contributed by atoms with Gasteiger partial charge < -0.3 is 19.3 Å². The van der Waals surface area contributed by atoms with Crippen LogP contribution in [0.1, 0.15) is 17.9 Å². The van der Waals surface area contributed by atoms with Gasteiger partial charge in [-0.05, 0) is 30.7 Å². The fraction of sp³-hybridized carbons (Fsp3) is 0.412. The summed E-state index contributed by atoms with van der Waals surface area (Å²) in [6.07, 6.45) is 1.14. The zero-order valence-electron chi connectivity index (χ0n) is 13.2. The Morgan fingerprint density at radius 3 is 2.96 bits per heavy atom. The topological polar surface area (TPSA) is 73.6 Å². The molecule has 1 aliphatic rings. The van der Waals surface area contributed by atoms with Gasteiger partial charge in [0.1, 0.15) is 18.2 Å². The van der Waals surface area contributed by atoms with E-state index in [1.807, 2.05) is 0 Å². The van der Waals surface area contributed by atoms with Crippen LogP contribution in [0.3, 0.4) is 0 Å². The van der Waals surface area contributed by atoms with Crippen LogP contribution in [0.4, 0.5) is 4.39 Å². The quantitative estimate of drug-likeness (QED) is 0.839. The second-order valence-electron chi connectivity index (χ2n) is 5.74. The summed E-state index contributed by atoms with van der Waals surface area (Å²) >= 11 is 0. The highest BCUT2D eigenvalue weighted by atomic mass is 19.1. The number of carbonyl (C=O) groups is 1. The van der Waals surface area contributed by atoms with E-state index in [0.717, 1.165) is 13.0 Å². The largest absolute Gasteiger partial charge is 0.486 e. The molecule has 0 radical (unpaired) electrons. The predicted molar refractivity (Wildman–Crippen MR) is 82.9 cm³/mol. The Balaban J connectivity index is 1.42. The highest BCUT2D eigenvalue weighted by Crippen LogP contribution is 2.14. The van der Waals surface area contributed by atoms with E-state index in [1.54, 1.807) is 6.07 Å². The van der Waals surface area contributed by atoms with Crippen LogP contribution in [0.5, 0.6) is 5.75 Å². The first kappa shape index (κ1) is 16.4. The van der Waals surface area contributed by atoms with Gasteiger partial charge in [-0.3, -0.25) is 4.79 Å². The minimum Gasteiger partial charge on any atom is -0.486 e. The van der Waals surface area contributed by atoms with Crippen molar-refractivity contribution in [2.24, 2.45) is 5.92 Å². The summed E-state index contributed by atoms with van der Waals surface area (Å²) in [6, 6.07) is 7.39. The Labute approximate surface area is 138 Å². The summed E-state index contributed by atoms with van der Waals surface area (Å²) < 4.78 is 28.7. The van der Waals surface area contributed by atoms with Crippen LogP contribution in [0.2, 0.25) is 0 Å². The number of carbonyl (C=O) groups excluding carboxylic acids is 1. The SMILES string of the molecule is O=C(Cc1cc(COc2ccc(F)cc2)on1)NCC1CCOC1. The molecule has 3 rings (SSSR count). The molecule has 0 bridgehead atoms. The summed E-state index contributed by atoms with van der Waals surface area (Å²) in [7, 11) is 0. The number of amides is 1. The molecular weight excluding hydrogens is 315 g/mol. The zero-order valence-corrected chi connectivity index (χ0v) is 13.2. The molecule has 2 aromatic rings. The van der Waals surface area contributed by atoms with Crippen molar-refractivity contribution in [1.29, 1.82) is 0 Å². The van der Waals surface area contributed by atoms with E-state index in [2.05, 4.69) is 10.5 Å². The molecule has 1 aromatic carbocycles. The van der Waals surface area contributed by atoms with Crippen LogP contribution in [0.25, 0.3) is 0 Å². The van der Waals surface area contributed by atoms with E-state index in [-0.39, 0.29) is 24.8 Å². The lowest BCUT2D eigenvalue weighted by atomic mass is 10.1. The Morgan fingerprint density at radius 1 is 1.38 bits per heavy atom. The second-order valence-corrected chi connectivity index (χ2v) is 5.74. The number of rotatable bonds is 7. The summed E-state index contributed by atoms with van der Waals surface area (Å²) in [4.78, 5) is 11.9. The molecule has 1 fully saturated rings. The minimum absolute atomic E-state index is 0.0961. The van der Waals surface area contributed by atoms with E-state index in [0.29, 0.717) is 36.3 Å². The van der Waals surface area contributed by atoms with Gasteiger partial charge in [0.15, 0.2) is 5.76 Å². The van der Waals surface area contributed by atoms with E-state index < -0.39 is 0 Å². The first-order chi connectivity index (χ1) is 11.7. The number of aromatic nitrogens is 1. The van der Waals surface area contributed by atoms with Crippen LogP contribution >= 0.6 is 0 Å². The number of benzene rings is 1. The molecule has 6 nitrogen and oxygen atoms in total. The van der Waals surface area contributed by atoms with Crippen molar-refractivity contribution in [3.63, 3.8) is 0 Å². The molecule has 1 saturated heterocycles. The lowest BCUT2D eigenvalue weighted by Crippen LogP contribution is -2.30. The third kappa shape index (κ3) is 4.79. The second kappa shape index (κ2) is 7.92. The van der Waals surface area contributed by atoms with Crippen LogP contribution in [-0.2, 0) is 22.6 Å². The fourth-order valence-electron chi connectivity index (χ4n) is 2.42. The minimum atomic E-state index is -0.320. The van der Waals surface area contributed by atoms with Crippen molar-refractivity contribution in [2.75, 3.05) is 19.8 Å². The van der Waals surface area contributed by atoms with E-state index in [9.17, 15) is 9.18 Å². The number of ether oxygens (including phenoxy) is 2. The molecule has 1 atom stereocenters. The van der Waals surface area contributed by atoms with Crippen LogP contribution in [-0.4, -0.2) is 30.8 Å². The summed E-state index contributed by atoms with van der Waals surface area (Å²) in [5.74, 6) is 1.02. The third-order valence-electron chi connectivity index (χ3n) is 3.76. The zero-order chi connectivity index (χ0) is 16.8. The molecule has 0 aliphatic carbocycles. The fourth-order valence-corrected chi connectivity index (χ4v) is 2.42. The van der Waals surface area contributed by atoms with Gasteiger partial charge in [0.25, 0.3) is 0 Å². The number of hydrogen-bond acceptors (Lipinski definition) is 5. The molecular formula is C17H19FN2O4. The van der Waals surface area contributed by atoms with Gasteiger partial charge in [0, 0.05) is 25.1 Å². The Bertz CT molecular complexity index is 665. The van der Waals surface area contributed by atoms with Gasteiger partial charge in [-0.1, -0.05) is 5.16 Å². The molecule has 1 unspecified atom stereocenters. The molecule has 1 N–H and O–H groups in total. The van der Waals surface area contributed by atoms with Crippen molar-refractivity contribution in [3.8, 4) is 5.75 Å². The number of nitrogens with one attached hydrogen (secondary N) is 1. The Hall–Kier alpha value is -2.41. The van der Waals surface area contributed by atoms with Crippen LogP contribution in [0, 0.1) is 11.7 Å². The standard InChI is InChI=1S/C17H19FN2O4/c18-13-1-3-15(4-2-13)23-11-16-7-14(20-24-16)8-17(21)19-9-12-5-6-22-10-12/h1-4,7,12H,5-6,8-11H2,(H,19,21). The lowest BCUT2D eigenvalue weighted by Gasteiger charge is -2.08. The van der Waals surface area contributed by atoms with Gasteiger partial charge in [-0.2, -0.15) is 0 Å². The van der Waals surface area contributed by atoms with E-state index in [4.69, 9.17) is 14.0 Å². The molecule has 2 heterocycles. The molecule has 128 valence electrons. The summed E-state index contributed by atoms with van der Waals surface area (Å²) in [5.41, 5.74) is 0.549. The third-order valence-corrected chi connectivity index (χ3v) is 3.76. The number of halogens is 1. The van der Waals surface area contributed by atoms with Crippen molar-refractivity contribution < 1.29 is 23.2 Å². The summed E-state index contributed by atoms with van der Waals surface area (Å²) in [6.45, 7) is 2.26. The predicted octanol–water partition coefficient (Wildman–Crippen LogP) is 2.09. The maximum absolute atomic E-state index is 12.8. The maximum atomic E-state index is 12.8. The average molecular weight is 334 g/mol. The highest BCUT2D eigenvalue weighted by Gasteiger charge is 2.17. The van der Waals surface area contributed by atoms with Crippen molar-refractivity contribution in [1.82, 2.24) is 10.5 Å². The molecule has 24 heavy (non-hydrogen) atoms. The molecule has 0 spiro atoms. The van der Waals surface area contributed by atoms with Gasteiger partial charge in [-0.25, -0.2) is 4.39 Å². The molecule has 1 aromatic heterocycles. The van der Waals surface area contributed by atoms with Gasteiger partial charge in [0.2, 0.25) is 5.91 Å². The highest BCUT2D eigenvalue weighted by molar-refractivity contribution is 5.78. The summed E-state index contributed by atoms with van der Waals surface area (Å²) in [5, 5.41) is 6.74. The van der Waals surface area contributed by atoms with E-state index >= 15 is 0 Å². The lowest BCUT2D eigenvalue weighted by molar-refractivity contribution is -0.120. The van der Waals surface area contributed by atoms with Gasteiger partial charge in [0.05, 0.1) is 18.7 Å². The monoisotopic (exact) mass is 334 g/mol. The first-order valence-electron chi connectivity index (χ1n) is 7.86. The van der Waals surface area contributed by atoms with Crippen molar-refractivity contribution in [3.05, 3.63) is 47.6 Å². The first-order valence-corrected chi connectivity index (χ1v) is 7.86. The van der Waals surface area contributed by atoms with Crippen molar-refractivity contribution in [2.45, 2.75) is 19.4 Å². The normalized spacial score (nSPS) is 17.0. The molecule has 7 heteroatoms. The Kier molecular flexibility index (Phi) is 5.43. The number of nitrogens with zero attached hydrogens (tertiary/aromatic N) is 1. The van der Waals surface area contributed by atoms with Crippen LogP contribution < -0.4 is 10.1 Å². The van der Waals surface area contributed by atoms with Crippen LogP contribution in [0.15, 0.2) is 34.9 Å². The van der Waals surface area contributed by atoms with Gasteiger partial charge in [-0.15, -0.1) is 0 Å². The van der Waals surface area contributed by atoms with Crippen molar-refractivity contribution >= 4 is 5.91 Å². The molecule has 1 aliphatic heterocycles. The molecule has 1 amide bonds. The van der Waals surface area contributed by atoms with E-state index in [1.165, 1.54) is 24.3 Å². The Morgan fingerprint density at radius 2 is 2.21 bits per heavy atom. The van der Waals surface area contributed by atoms with Gasteiger partial charge >= 0.3 is 0 Å². The average Bonchev–Trinajstić information content (AvgIpc) is 3.24. The molecule has 0 saturated carbocycles. The number of hydrogen-bond donors (Lipinski definition) is 1. The smallest absolute Gasteiger partial charge is 0.226 e. The maximum Gasteiger partial charge on any atom is 0.226 e.